The van der Waals surface area contributed by atoms with Crippen molar-refractivity contribution in [3.05, 3.63) is 45.6 Å². The molecule has 0 aliphatic carbocycles. The van der Waals surface area contributed by atoms with Crippen molar-refractivity contribution in [1.82, 2.24) is 0 Å². The van der Waals surface area contributed by atoms with Crippen molar-refractivity contribution >= 4 is 28.6 Å². The van der Waals surface area contributed by atoms with E-state index >= 15 is 0 Å². The van der Waals surface area contributed by atoms with Gasteiger partial charge in [0.15, 0.2) is 0 Å². The molecule has 0 bridgehead atoms. The quantitative estimate of drug-likeness (QED) is 0.859. The molecule has 3 nitrogen and oxygen atoms in total. The number of nitrogen functional groups attached to an aromatic ring is 1. The molecule has 2 aromatic rings. The third kappa shape index (κ3) is 2.00. The van der Waals surface area contributed by atoms with Crippen LogP contribution in [0.5, 0.6) is 0 Å². The summed E-state index contributed by atoms with van der Waals surface area (Å²) in [5.41, 5.74) is 9.91. The molecular weight excluding hydrogens is 268 g/mol. The molecule has 0 saturated heterocycles. The highest BCUT2D eigenvalue weighted by Crippen LogP contribution is 2.35. The van der Waals surface area contributed by atoms with E-state index in [-0.39, 0.29) is 11.9 Å². The molecule has 2 N–H and O–H groups in total. The lowest BCUT2D eigenvalue weighted by Gasteiger charge is -2.22. The van der Waals surface area contributed by atoms with Crippen molar-refractivity contribution in [2.45, 2.75) is 32.7 Å². The third-order valence-electron chi connectivity index (χ3n) is 3.86. The van der Waals surface area contributed by atoms with Gasteiger partial charge < -0.3 is 10.6 Å². The van der Waals surface area contributed by atoms with E-state index in [9.17, 15) is 4.79 Å². The van der Waals surface area contributed by atoms with Gasteiger partial charge in [-0.2, -0.15) is 0 Å². The minimum absolute atomic E-state index is 0.118. The number of anilines is 2. The maximum Gasteiger partial charge on any atom is 0.268 e. The first-order chi connectivity index (χ1) is 9.61. The second-order valence-electron chi connectivity index (χ2n) is 5.24. The zero-order valence-corrected chi connectivity index (χ0v) is 12.5. The van der Waals surface area contributed by atoms with Crippen LogP contribution in [0.2, 0.25) is 0 Å². The van der Waals surface area contributed by atoms with E-state index in [2.05, 4.69) is 13.8 Å². The molecule has 1 aliphatic rings. The molecule has 0 saturated carbocycles. The van der Waals surface area contributed by atoms with Crippen LogP contribution in [0.25, 0.3) is 0 Å². The molecule has 1 aliphatic heterocycles. The standard InChI is InChI=1S/C16H18N2OS/c1-3-11-6-7-20-15(11)16(19)18-10(2)8-12-9-13(17)4-5-14(12)18/h4-7,9-10H,3,8,17H2,1-2H3. The monoisotopic (exact) mass is 286 g/mol. The molecule has 1 unspecified atom stereocenters. The molecule has 4 heteroatoms. The van der Waals surface area contributed by atoms with Crippen LogP contribution in [0.15, 0.2) is 29.6 Å². The highest BCUT2D eigenvalue weighted by Gasteiger charge is 2.32. The molecule has 1 aromatic heterocycles. The first-order valence-electron chi connectivity index (χ1n) is 6.90. The van der Waals surface area contributed by atoms with E-state index in [4.69, 9.17) is 5.73 Å². The Labute approximate surface area is 123 Å². The van der Waals surface area contributed by atoms with E-state index in [1.54, 1.807) is 0 Å². The number of aryl methyl sites for hydroxylation is 1. The number of nitrogens with two attached hydrogens (primary N) is 1. The van der Waals surface area contributed by atoms with Crippen molar-refractivity contribution in [3.63, 3.8) is 0 Å². The third-order valence-corrected chi connectivity index (χ3v) is 4.80. The maximum absolute atomic E-state index is 12.9. The van der Waals surface area contributed by atoms with Crippen LogP contribution in [0.3, 0.4) is 0 Å². The number of benzene rings is 1. The molecule has 3 rings (SSSR count). The molecule has 2 heterocycles. The summed E-state index contributed by atoms with van der Waals surface area (Å²) in [5, 5.41) is 2.00. The zero-order chi connectivity index (χ0) is 14.3. The van der Waals surface area contributed by atoms with Crippen LogP contribution in [0, 0.1) is 0 Å². The molecule has 1 amide bonds. The fourth-order valence-corrected chi connectivity index (χ4v) is 3.80. The summed E-state index contributed by atoms with van der Waals surface area (Å²) >= 11 is 1.53. The number of amides is 1. The maximum atomic E-state index is 12.9. The predicted octanol–water partition coefficient (Wildman–Crippen LogP) is 3.48. The van der Waals surface area contributed by atoms with Crippen LogP contribution in [-0.2, 0) is 12.8 Å². The van der Waals surface area contributed by atoms with Crippen LogP contribution in [0.1, 0.15) is 34.6 Å². The van der Waals surface area contributed by atoms with Crippen molar-refractivity contribution in [3.8, 4) is 0 Å². The van der Waals surface area contributed by atoms with Gasteiger partial charge in [-0.25, -0.2) is 0 Å². The summed E-state index contributed by atoms with van der Waals surface area (Å²) in [7, 11) is 0. The van der Waals surface area contributed by atoms with Gasteiger partial charge >= 0.3 is 0 Å². The van der Waals surface area contributed by atoms with Gasteiger partial charge in [-0.05, 0) is 60.5 Å². The summed E-state index contributed by atoms with van der Waals surface area (Å²) in [5.74, 6) is 0.118. The molecule has 1 aromatic carbocycles. The lowest BCUT2D eigenvalue weighted by atomic mass is 10.1. The highest BCUT2D eigenvalue weighted by molar-refractivity contribution is 7.12. The Hall–Kier alpha value is -1.81. The molecule has 0 spiro atoms. The Morgan fingerprint density at radius 1 is 1.45 bits per heavy atom. The number of carbonyl (C=O) groups excluding carboxylic acids is 1. The Kier molecular flexibility index (Phi) is 3.26. The Balaban J connectivity index is 2.01. The molecule has 20 heavy (non-hydrogen) atoms. The summed E-state index contributed by atoms with van der Waals surface area (Å²) in [6.45, 7) is 4.17. The van der Waals surface area contributed by atoms with E-state index < -0.39 is 0 Å². The minimum atomic E-state index is 0.118. The fraction of sp³-hybridized carbons (Fsp3) is 0.312. The van der Waals surface area contributed by atoms with Crippen LogP contribution < -0.4 is 10.6 Å². The number of thiophene rings is 1. The topological polar surface area (TPSA) is 46.3 Å². The number of hydrogen-bond acceptors (Lipinski definition) is 3. The number of carbonyl (C=O) groups is 1. The number of rotatable bonds is 2. The summed E-state index contributed by atoms with van der Waals surface area (Å²) < 4.78 is 0. The lowest BCUT2D eigenvalue weighted by Crippen LogP contribution is -2.35. The van der Waals surface area contributed by atoms with Gasteiger partial charge in [0.2, 0.25) is 0 Å². The van der Waals surface area contributed by atoms with Crippen molar-refractivity contribution in [2.24, 2.45) is 0 Å². The van der Waals surface area contributed by atoms with Crippen molar-refractivity contribution < 1.29 is 4.79 Å². The van der Waals surface area contributed by atoms with Crippen molar-refractivity contribution in [1.29, 1.82) is 0 Å². The molecule has 104 valence electrons. The highest BCUT2D eigenvalue weighted by atomic mass is 32.1. The normalized spacial score (nSPS) is 17.3. The summed E-state index contributed by atoms with van der Waals surface area (Å²) in [4.78, 5) is 15.6. The Morgan fingerprint density at radius 3 is 3.00 bits per heavy atom. The number of fused-ring (bicyclic) bond motifs is 1. The first kappa shape index (κ1) is 13.2. The fourth-order valence-electron chi connectivity index (χ4n) is 2.87. The average Bonchev–Trinajstić information content (AvgIpc) is 3.00. The van der Waals surface area contributed by atoms with Gasteiger partial charge in [-0.3, -0.25) is 4.79 Å². The summed E-state index contributed by atoms with van der Waals surface area (Å²) in [6, 6.07) is 8.04. The molecule has 1 atom stereocenters. The predicted molar refractivity (Wildman–Crippen MR) is 84.5 cm³/mol. The van der Waals surface area contributed by atoms with Gasteiger partial charge in [0.25, 0.3) is 5.91 Å². The van der Waals surface area contributed by atoms with E-state index in [1.165, 1.54) is 16.9 Å². The second-order valence-corrected chi connectivity index (χ2v) is 6.16. The number of nitrogens with zero attached hydrogens (tertiary/aromatic N) is 1. The average molecular weight is 286 g/mol. The van der Waals surface area contributed by atoms with Crippen LogP contribution in [0.4, 0.5) is 11.4 Å². The minimum Gasteiger partial charge on any atom is -0.399 e. The van der Waals surface area contributed by atoms with Crippen LogP contribution in [-0.4, -0.2) is 11.9 Å². The van der Waals surface area contributed by atoms with Gasteiger partial charge in [0, 0.05) is 17.4 Å². The van der Waals surface area contributed by atoms with E-state index in [0.29, 0.717) is 0 Å². The second kappa shape index (κ2) is 4.94. The van der Waals surface area contributed by atoms with Gasteiger partial charge in [-0.15, -0.1) is 11.3 Å². The molecule has 0 fully saturated rings. The Bertz CT molecular complexity index is 662. The largest absolute Gasteiger partial charge is 0.399 e. The van der Waals surface area contributed by atoms with Gasteiger partial charge in [0.05, 0.1) is 4.88 Å². The van der Waals surface area contributed by atoms with Crippen LogP contribution >= 0.6 is 11.3 Å². The first-order valence-corrected chi connectivity index (χ1v) is 7.78. The lowest BCUT2D eigenvalue weighted by molar-refractivity contribution is 0.0984. The molecule has 0 radical (unpaired) electrons. The van der Waals surface area contributed by atoms with Gasteiger partial charge in [0.1, 0.15) is 0 Å². The van der Waals surface area contributed by atoms with E-state index in [0.717, 1.165) is 34.7 Å². The Morgan fingerprint density at radius 2 is 2.25 bits per heavy atom. The van der Waals surface area contributed by atoms with Crippen molar-refractivity contribution in [2.75, 3.05) is 10.6 Å². The zero-order valence-electron chi connectivity index (χ0n) is 11.7. The van der Waals surface area contributed by atoms with E-state index in [1.807, 2.05) is 34.5 Å². The number of hydrogen-bond donors (Lipinski definition) is 1. The summed E-state index contributed by atoms with van der Waals surface area (Å²) in [6.07, 6.45) is 1.76. The SMILES string of the molecule is CCc1ccsc1C(=O)N1c2ccc(N)cc2CC1C. The smallest absolute Gasteiger partial charge is 0.268 e. The molecular formula is C16H18N2OS. The van der Waals surface area contributed by atoms with Gasteiger partial charge in [-0.1, -0.05) is 6.92 Å².